The van der Waals surface area contributed by atoms with Crippen LogP contribution in [0.15, 0.2) is 29.3 Å². The van der Waals surface area contributed by atoms with E-state index >= 15 is 0 Å². The molecule has 1 amide bonds. The summed E-state index contributed by atoms with van der Waals surface area (Å²) in [5, 5.41) is 2.99. The van der Waals surface area contributed by atoms with Crippen molar-refractivity contribution in [1.29, 1.82) is 0 Å². The number of carbonyl (C=O) groups is 1. The summed E-state index contributed by atoms with van der Waals surface area (Å²) >= 11 is 0. The maximum absolute atomic E-state index is 12.5. The van der Waals surface area contributed by atoms with Crippen LogP contribution in [-0.4, -0.2) is 61.8 Å². The number of likely N-dealkylation sites (tertiary alicyclic amines) is 1. The van der Waals surface area contributed by atoms with Gasteiger partial charge in [0, 0.05) is 31.7 Å². The molecule has 3 rings (SSSR count). The summed E-state index contributed by atoms with van der Waals surface area (Å²) in [5.74, 6) is 1.25. The topological polar surface area (TPSA) is 78.0 Å². The minimum atomic E-state index is -4.78. The predicted molar refractivity (Wildman–Crippen MR) is 121 cm³/mol. The van der Waals surface area contributed by atoms with E-state index in [-0.39, 0.29) is 30.1 Å². The number of hydrazine groups is 1. The Morgan fingerprint density at radius 3 is 2.52 bits per heavy atom. The Kier molecular flexibility index (Phi) is 8.58. The average molecular weight is 470 g/mol. The number of ether oxygens (including phenoxy) is 1. The van der Waals surface area contributed by atoms with Gasteiger partial charge in [0.2, 0.25) is 5.91 Å². The van der Waals surface area contributed by atoms with E-state index in [1.165, 1.54) is 43.9 Å². The molecule has 0 unspecified atom stereocenters. The summed E-state index contributed by atoms with van der Waals surface area (Å²) in [6.07, 6.45) is 0.229. The van der Waals surface area contributed by atoms with Gasteiger partial charge in [0.15, 0.2) is 0 Å². The second-order valence-electron chi connectivity index (χ2n) is 9.15. The molecule has 2 fully saturated rings. The zero-order chi connectivity index (χ0) is 24.0. The van der Waals surface area contributed by atoms with Crippen molar-refractivity contribution < 1.29 is 22.7 Å². The van der Waals surface area contributed by atoms with Gasteiger partial charge in [0.25, 0.3) is 0 Å². The highest BCUT2D eigenvalue weighted by Crippen LogP contribution is 2.33. The number of halogens is 3. The minimum Gasteiger partial charge on any atom is -0.406 e. The quantitative estimate of drug-likeness (QED) is 0.310. The van der Waals surface area contributed by atoms with Gasteiger partial charge in [-0.3, -0.25) is 14.7 Å². The third-order valence-electron chi connectivity index (χ3n) is 6.44. The number of alkyl halides is 3. The van der Waals surface area contributed by atoms with Gasteiger partial charge >= 0.3 is 6.36 Å². The van der Waals surface area contributed by atoms with E-state index in [0.29, 0.717) is 11.6 Å². The first-order chi connectivity index (χ1) is 15.6. The summed E-state index contributed by atoms with van der Waals surface area (Å²) < 4.78 is 41.4. The van der Waals surface area contributed by atoms with Crippen molar-refractivity contribution in [2.45, 2.75) is 58.0 Å². The van der Waals surface area contributed by atoms with Crippen LogP contribution in [0.4, 0.5) is 13.2 Å². The van der Waals surface area contributed by atoms with Crippen molar-refractivity contribution in [3.8, 4) is 5.75 Å². The van der Waals surface area contributed by atoms with Crippen molar-refractivity contribution in [3.63, 3.8) is 0 Å². The summed E-state index contributed by atoms with van der Waals surface area (Å²) in [6, 6.07) is 6.16. The standard InChI is InChI=1S/C23H34F3N5O2/c1-15(2)16-7-9-19(10-8-16)31-13-18(14-31)29-21(32)12-28-22(30-27-3)17-5-4-6-20(11-17)33-23(24,25)26/h4-6,11,15-16,18-19,27H,7-10,12-14H2,1-3H3,(H,28,30)(H,29,32). The Labute approximate surface area is 193 Å². The number of benzene rings is 1. The van der Waals surface area contributed by atoms with Gasteiger partial charge < -0.3 is 15.5 Å². The van der Waals surface area contributed by atoms with Gasteiger partial charge in [-0.1, -0.05) is 26.0 Å². The minimum absolute atomic E-state index is 0.111. The first kappa shape index (κ1) is 25.3. The van der Waals surface area contributed by atoms with Crippen LogP contribution < -0.4 is 20.9 Å². The van der Waals surface area contributed by atoms with Gasteiger partial charge in [-0.15, -0.1) is 13.2 Å². The van der Waals surface area contributed by atoms with Crippen LogP contribution in [-0.2, 0) is 4.79 Å². The van der Waals surface area contributed by atoms with Gasteiger partial charge in [-0.25, -0.2) is 5.43 Å². The number of aliphatic imine (C=N–C) groups is 1. The molecule has 1 saturated heterocycles. The van der Waals surface area contributed by atoms with E-state index in [1.54, 1.807) is 13.1 Å². The van der Waals surface area contributed by atoms with Gasteiger partial charge in [0.05, 0.1) is 6.04 Å². The fraction of sp³-hybridized carbons (Fsp3) is 0.652. The number of nitrogens with one attached hydrogen (secondary N) is 3. The molecule has 0 aromatic heterocycles. The molecular formula is C23H34F3N5O2. The molecule has 10 heteroatoms. The van der Waals surface area contributed by atoms with Crippen LogP contribution in [0.3, 0.4) is 0 Å². The van der Waals surface area contributed by atoms with Crippen molar-refractivity contribution in [2.24, 2.45) is 16.8 Å². The highest BCUT2D eigenvalue weighted by molar-refractivity contribution is 5.99. The third kappa shape index (κ3) is 7.60. The second-order valence-corrected chi connectivity index (χ2v) is 9.15. The van der Waals surface area contributed by atoms with Crippen LogP contribution in [0.2, 0.25) is 0 Å². The molecular weight excluding hydrogens is 435 g/mol. The lowest BCUT2D eigenvalue weighted by atomic mass is 9.78. The van der Waals surface area contributed by atoms with E-state index in [9.17, 15) is 18.0 Å². The molecule has 184 valence electrons. The summed E-state index contributed by atoms with van der Waals surface area (Å²) in [6.45, 7) is 6.17. The molecule has 2 aliphatic rings. The molecule has 0 atom stereocenters. The van der Waals surface area contributed by atoms with Crippen LogP contribution in [0.5, 0.6) is 5.75 Å². The Balaban J connectivity index is 1.47. The number of hydrogen-bond donors (Lipinski definition) is 3. The molecule has 1 aromatic rings. The fourth-order valence-corrected chi connectivity index (χ4v) is 4.62. The maximum atomic E-state index is 12.5. The lowest BCUT2D eigenvalue weighted by molar-refractivity contribution is -0.274. The highest BCUT2D eigenvalue weighted by Gasteiger charge is 2.35. The zero-order valence-electron chi connectivity index (χ0n) is 19.4. The molecule has 0 spiro atoms. The van der Waals surface area contributed by atoms with Crippen LogP contribution in [0, 0.1) is 11.8 Å². The molecule has 0 radical (unpaired) electrons. The molecule has 7 nitrogen and oxygen atoms in total. The molecule has 1 aliphatic heterocycles. The largest absolute Gasteiger partial charge is 0.573 e. The van der Waals surface area contributed by atoms with Crippen LogP contribution in [0.1, 0.15) is 45.1 Å². The number of nitrogens with zero attached hydrogens (tertiary/aromatic N) is 2. The molecule has 0 bridgehead atoms. The summed E-state index contributed by atoms with van der Waals surface area (Å²) in [7, 11) is 1.60. The van der Waals surface area contributed by atoms with Crippen molar-refractivity contribution in [2.75, 3.05) is 26.7 Å². The lowest BCUT2D eigenvalue weighted by Crippen LogP contribution is -2.62. The molecule has 1 saturated carbocycles. The summed E-state index contributed by atoms with van der Waals surface area (Å²) in [5.41, 5.74) is 5.82. The number of rotatable bonds is 8. The molecule has 3 N–H and O–H groups in total. The van der Waals surface area contributed by atoms with E-state index < -0.39 is 6.36 Å². The van der Waals surface area contributed by atoms with Gasteiger partial charge in [-0.05, 0) is 49.7 Å². The number of amidine groups is 1. The van der Waals surface area contributed by atoms with E-state index in [1.807, 2.05) is 0 Å². The Hall–Kier alpha value is -2.33. The normalized spacial score (nSPS) is 22.7. The first-order valence-electron chi connectivity index (χ1n) is 11.5. The van der Waals surface area contributed by atoms with Crippen molar-refractivity contribution >= 4 is 11.7 Å². The molecule has 1 heterocycles. The molecule has 33 heavy (non-hydrogen) atoms. The number of hydrogen-bond acceptors (Lipinski definition) is 5. The highest BCUT2D eigenvalue weighted by atomic mass is 19.4. The number of amides is 1. The Morgan fingerprint density at radius 2 is 1.91 bits per heavy atom. The molecule has 1 aromatic carbocycles. The van der Waals surface area contributed by atoms with Crippen LogP contribution in [0.25, 0.3) is 0 Å². The monoisotopic (exact) mass is 469 g/mol. The maximum Gasteiger partial charge on any atom is 0.573 e. The van der Waals surface area contributed by atoms with Crippen LogP contribution >= 0.6 is 0 Å². The van der Waals surface area contributed by atoms with Gasteiger partial charge in [-0.2, -0.15) is 0 Å². The van der Waals surface area contributed by atoms with E-state index in [4.69, 9.17) is 0 Å². The average Bonchev–Trinajstić information content (AvgIpc) is 2.72. The fourth-order valence-electron chi connectivity index (χ4n) is 4.62. The number of carbonyl (C=O) groups excluding carboxylic acids is 1. The predicted octanol–water partition coefficient (Wildman–Crippen LogP) is 3.07. The third-order valence-corrected chi connectivity index (χ3v) is 6.44. The second kappa shape index (κ2) is 11.2. The molecule has 1 aliphatic carbocycles. The SMILES string of the molecule is CNNC(=NCC(=O)NC1CN(C2CCC(C(C)C)CC2)C1)c1cccc(OC(F)(F)F)c1. The Bertz CT molecular complexity index is 817. The van der Waals surface area contributed by atoms with E-state index in [2.05, 4.69) is 44.6 Å². The smallest absolute Gasteiger partial charge is 0.406 e. The summed E-state index contributed by atoms with van der Waals surface area (Å²) in [4.78, 5) is 19.1. The van der Waals surface area contributed by atoms with Gasteiger partial charge in [0.1, 0.15) is 18.1 Å². The van der Waals surface area contributed by atoms with E-state index in [0.717, 1.165) is 24.9 Å². The first-order valence-corrected chi connectivity index (χ1v) is 11.5. The Morgan fingerprint density at radius 1 is 1.21 bits per heavy atom. The lowest BCUT2D eigenvalue weighted by Gasteiger charge is -2.47. The van der Waals surface area contributed by atoms with Crippen molar-refractivity contribution in [1.82, 2.24) is 21.1 Å². The zero-order valence-corrected chi connectivity index (χ0v) is 19.4. The van der Waals surface area contributed by atoms with Crippen molar-refractivity contribution in [3.05, 3.63) is 29.8 Å².